The Hall–Kier alpha value is -3.02. The molecule has 2 fully saturated rings. The van der Waals surface area contributed by atoms with Crippen molar-refractivity contribution in [2.45, 2.75) is 31.3 Å². The molecule has 0 radical (unpaired) electrons. The van der Waals surface area contributed by atoms with Gasteiger partial charge in [-0.1, -0.05) is 0 Å². The largest absolute Gasteiger partial charge is 0.508 e. The predicted molar refractivity (Wildman–Crippen MR) is 92.4 cm³/mol. The van der Waals surface area contributed by atoms with E-state index in [2.05, 4.69) is 0 Å². The molecule has 128 valence electrons. The molecule has 4 rings (SSSR count). The Morgan fingerprint density at radius 2 is 1.04 bits per heavy atom. The Balaban J connectivity index is 1.82. The van der Waals surface area contributed by atoms with Crippen molar-refractivity contribution in [3.05, 3.63) is 48.5 Å². The Kier molecular flexibility index (Phi) is 3.42. The van der Waals surface area contributed by atoms with Crippen LogP contribution in [0, 0.1) is 0 Å². The first-order valence-electron chi connectivity index (χ1n) is 8.25. The fourth-order valence-electron chi connectivity index (χ4n) is 3.95. The first-order valence-corrected chi connectivity index (χ1v) is 8.25. The van der Waals surface area contributed by atoms with Gasteiger partial charge in [-0.3, -0.25) is 19.4 Å². The molecule has 2 N–H and O–H groups in total. The molecule has 0 aliphatic carbocycles. The third-order valence-corrected chi connectivity index (χ3v) is 5.03. The molecular formula is C19H18N2O4. The van der Waals surface area contributed by atoms with Crippen LogP contribution in [0.15, 0.2) is 48.5 Å². The van der Waals surface area contributed by atoms with Crippen LogP contribution in [0.2, 0.25) is 0 Å². The van der Waals surface area contributed by atoms with E-state index in [0.717, 1.165) is 0 Å². The van der Waals surface area contributed by atoms with Gasteiger partial charge in [-0.25, -0.2) is 0 Å². The number of aromatic hydroxyl groups is 2. The predicted octanol–water partition coefficient (Wildman–Crippen LogP) is 2.75. The van der Waals surface area contributed by atoms with Crippen LogP contribution >= 0.6 is 0 Å². The Morgan fingerprint density at radius 3 is 1.40 bits per heavy atom. The minimum absolute atomic E-state index is 0.0378. The number of nitrogens with zero attached hydrogens (tertiary/aromatic N) is 2. The number of phenols is 2. The molecule has 2 aromatic carbocycles. The van der Waals surface area contributed by atoms with Gasteiger partial charge in [-0.15, -0.1) is 0 Å². The van der Waals surface area contributed by atoms with Gasteiger partial charge in [0.25, 0.3) is 0 Å². The summed E-state index contributed by atoms with van der Waals surface area (Å²) >= 11 is 0. The van der Waals surface area contributed by atoms with E-state index in [-0.39, 0.29) is 23.3 Å². The molecule has 2 heterocycles. The maximum atomic E-state index is 12.6. The number of carbonyl (C=O) groups is 2. The molecule has 6 heteroatoms. The summed E-state index contributed by atoms with van der Waals surface area (Å²) < 4.78 is 0. The molecule has 2 aliphatic rings. The Bertz CT molecular complexity index is 758. The number of carbonyl (C=O) groups excluding carboxylic acids is 2. The molecule has 2 amide bonds. The lowest BCUT2D eigenvalue weighted by Crippen LogP contribution is -2.56. The monoisotopic (exact) mass is 338 g/mol. The summed E-state index contributed by atoms with van der Waals surface area (Å²) in [5.41, 5.74) is 0.597. The van der Waals surface area contributed by atoms with Crippen LogP contribution in [0.1, 0.15) is 25.7 Å². The van der Waals surface area contributed by atoms with Crippen molar-refractivity contribution in [2.75, 3.05) is 9.80 Å². The molecule has 0 bridgehead atoms. The normalized spacial score (nSPS) is 19.2. The van der Waals surface area contributed by atoms with E-state index in [1.807, 2.05) is 0 Å². The second kappa shape index (κ2) is 5.51. The average molecular weight is 338 g/mol. The third-order valence-electron chi connectivity index (χ3n) is 5.03. The van der Waals surface area contributed by atoms with Crippen LogP contribution < -0.4 is 9.80 Å². The summed E-state index contributed by atoms with van der Waals surface area (Å²) in [6.45, 7) is 0. The molecule has 0 unspecified atom stereocenters. The lowest BCUT2D eigenvalue weighted by Gasteiger charge is -2.42. The smallest absolute Gasteiger partial charge is 0.229 e. The first-order chi connectivity index (χ1) is 12.0. The molecule has 2 aromatic rings. The maximum Gasteiger partial charge on any atom is 0.229 e. The number of amides is 2. The average Bonchev–Trinajstić information content (AvgIpc) is 3.10. The quantitative estimate of drug-likeness (QED) is 0.882. The van der Waals surface area contributed by atoms with Crippen molar-refractivity contribution in [1.29, 1.82) is 0 Å². The number of hydrogen-bond donors (Lipinski definition) is 2. The molecule has 0 atom stereocenters. The zero-order valence-corrected chi connectivity index (χ0v) is 13.6. The molecule has 0 aromatic heterocycles. The highest BCUT2D eigenvalue weighted by atomic mass is 16.3. The van der Waals surface area contributed by atoms with Crippen molar-refractivity contribution in [3.8, 4) is 11.5 Å². The zero-order valence-electron chi connectivity index (χ0n) is 13.6. The standard InChI is InChI=1S/C19H18N2O4/c22-15-5-1-13(2-6-15)20-17(24)9-11-19(20)12-10-18(25)21(19)14-3-7-16(23)8-4-14/h1-8,22-23H,9-12H2. The minimum atomic E-state index is -0.734. The van der Waals surface area contributed by atoms with E-state index in [1.54, 1.807) is 34.1 Å². The molecular weight excluding hydrogens is 320 g/mol. The topological polar surface area (TPSA) is 81.1 Å². The van der Waals surface area contributed by atoms with Crippen molar-refractivity contribution >= 4 is 23.2 Å². The Labute approximate surface area is 144 Å². The van der Waals surface area contributed by atoms with Gasteiger partial charge >= 0.3 is 0 Å². The van der Waals surface area contributed by atoms with E-state index in [4.69, 9.17) is 0 Å². The second-order valence-electron chi connectivity index (χ2n) is 6.47. The SMILES string of the molecule is O=C1CCC2(CCC(=O)N2c2ccc(O)cc2)N1c1ccc(O)cc1. The van der Waals surface area contributed by atoms with Crippen LogP contribution in [0.5, 0.6) is 11.5 Å². The van der Waals surface area contributed by atoms with Gasteiger partial charge in [0.05, 0.1) is 0 Å². The first kappa shape index (κ1) is 15.5. The Morgan fingerprint density at radius 1 is 0.680 bits per heavy atom. The van der Waals surface area contributed by atoms with Crippen molar-refractivity contribution in [1.82, 2.24) is 0 Å². The van der Waals surface area contributed by atoms with Gasteiger partial charge in [-0.2, -0.15) is 0 Å². The fraction of sp³-hybridized carbons (Fsp3) is 0.263. The highest BCUT2D eigenvalue weighted by Gasteiger charge is 2.56. The van der Waals surface area contributed by atoms with Gasteiger partial charge in [0, 0.05) is 24.2 Å². The van der Waals surface area contributed by atoms with E-state index in [9.17, 15) is 19.8 Å². The highest BCUT2D eigenvalue weighted by Crippen LogP contribution is 2.47. The maximum absolute atomic E-state index is 12.6. The van der Waals surface area contributed by atoms with Crippen molar-refractivity contribution < 1.29 is 19.8 Å². The van der Waals surface area contributed by atoms with Crippen LogP contribution in [-0.4, -0.2) is 27.7 Å². The third kappa shape index (κ3) is 2.33. The fourth-order valence-corrected chi connectivity index (χ4v) is 3.95. The van der Waals surface area contributed by atoms with Gasteiger partial charge in [-0.05, 0) is 61.4 Å². The molecule has 2 saturated heterocycles. The molecule has 0 saturated carbocycles. The molecule has 6 nitrogen and oxygen atoms in total. The van der Waals surface area contributed by atoms with Crippen molar-refractivity contribution in [2.24, 2.45) is 0 Å². The number of hydrogen-bond acceptors (Lipinski definition) is 4. The molecule has 2 aliphatic heterocycles. The number of phenolic OH excluding ortho intramolecular Hbond substituents is 2. The van der Waals surface area contributed by atoms with E-state index < -0.39 is 5.66 Å². The van der Waals surface area contributed by atoms with Crippen LogP contribution in [0.25, 0.3) is 0 Å². The lowest BCUT2D eigenvalue weighted by molar-refractivity contribution is -0.117. The second-order valence-corrected chi connectivity index (χ2v) is 6.47. The number of anilines is 2. The lowest BCUT2D eigenvalue weighted by atomic mass is 10.0. The molecule has 1 spiro atoms. The van der Waals surface area contributed by atoms with E-state index in [1.165, 1.54) is 24.3 Å². The summed E-state index contributed by atoms with van der Waals surface area (Å²) in [6, 6.07) is 12.9. The van der Waals surface area contributed by atoms with E-state index in [0.29, 0.717) is 37.1 Å². The van der Waals surface area contributed by atoms with Gasteiger partial charge < -0.3 is 10.2 Å². The van der Waals surface area contributed by atoms with Gasteiger partial charge in [0.1, 0.15) is 17.2 Å². The van der Waals surface area contributed by atoms with Crippen molar-refractivity contribution in [3.63, 3.8) is 0 Å². The summed E-state index contributed by atoms with van der Waals surface area (Å²) in [5, 5.41) is 19.1. The van der Waals surface area contributed by atoms with E-state index >= 15 is 0 Å². The van der Waals surface area contributed by atoms with Gasteiger partial charge in [0.15, 0.2) is 0 Å². The molecule has 25 heavy (non-hydrogen) atoms. The van der Waals surface area contributed by atoms with Gasteiger partial charge in [0.2, 0.25) is 11.8 Å². The summed E-state index contributed by atoms with van der Waals surface area (Å²) in [4.78, 5) is 28.7. The summed E-state index contributed by atoms with van der Waals surface area (Å²) in [5.74, 6) is 0.179. The van der Waals surface area contributed by atoms with Crippen LogP contribution in [-0.2, 0) is 9.59 Å². The summed E-state index contributed by atoms with van der Waals surface area (Å²) in [6.07, 6.45) is 1.84. The minimum Gasteiger partial charge on any atom is -0.508 e. The number of benzene rings is 2. The van der Waals surface area contributed by atoms with Crippen LogP contribution in [0.3, 0.4) is 0 Å². The summed E-state index contributed by atoms with van der Waals surface area (Å²) in [7, 11) is 0. The highest BCUT2D eigenvalue weighted by molar-refractivity contribution is 6.05. The van der Waals surface area contributed by atoms with Crippen LogP contribution in [0.4, 0.5) is 11.4 Å². The zero-order chi connectivity index (χ0) is 17.6. The number of rotatable bonds is 2.